The predicted octanol–water partition coefficient (Wildman–Crippen LogP) is 4.09. The second-order valence-electron chi connectivity index (χ2n) is 4.51. The molecule has 11 heteroatoms. The van der Waals surface area contributed by atoms with Crippen molar-refractivity contribution in [3.8, 4) is 0 Å². The van der Waals surface area contributed by atoms with Crippen molar-refractivity contribution in [3.05, 3.63) is 28.3 Å². The molecule has 0 aromatic heterocycles. The number of nitro benzene ring substituents is 1. The van der Waals surface area contributed by atoms with Gasteiger partial charge in [-0.05, 0) is 6.07 Å². The quantitative estimate of drug-likeness (QED) is 0.475. The topological polar surface area (TPSA) is 55.6 Å². The van der Waals surface area contributed by atoms with Crippen LogP contribution in [-0.4, -0.2) is 31.2 Å². The second kappa shape index (κ2) is 4.19. The van der Waals surface area contributed by atoms with Crippen molar-refractivity contribution in [1.82, 2.24) is 0 Å². The number of nitro groups is 1. The summed E-state index contributed by atoms with van der Waals surface area (Å²) in [6, 6.07) is 0.962. The Morgan fingerprint density at radius 1 is 1.10 bits per heavy atom. The number of halogens is 5. The van der Waals surface area contributed by atoms with Gasteiger partial charge in [-0.15, -0.1) is 0 Å². The molecule has 0 atom stereocenters. The third kappa shape index (κ3) is 3.73. The minimum atomic E-state index is -9.98. The van der Waals surface area contributed by atoms with Crippen molar-refractivity contribution < 1.29 is 29.1 Å². The average molecular weight is 334 g/mol. The predicted molar refractivity (Wildman–Crippen MR) is 67.5 cm³/mol. The Labute approximate surface area is 116 Å². The van der Waals surface area contributed by atoms with Crippen molar-refractivity contribution >= 4 is 21.6 Å². The van der Waals surface area contributed by atoms with E-state index in [9.17, 15) is 29.5 Å². The standard InChI is InChI=1S/C10H11F5N2O3S/c11-21(12,13,14,15)10-6-8(5-9(7-10)17(18)19)16-1-3-20-4-2-16/h5-7H,1-4H2. The molecule has 0 bridgehead atoms. The van der Waals surface area contributed by atoms with Crippen LogP contribution < -0.4 is 4.90 Å². The lowest BCUT2D eigenvalue weighted by molar-refractivity contribution is -0.385. The maximum atomic E-state index is 12.9. The molecule has 1 aliphatic heterocycles. The fourth-order valence-corrected chi connectivity index (χ4v) is 2.59. The number of nitrogens with zero attached hydrogens (tertiary/aromatic N) is 2. The highest BCUT2D eigenvalue weighted by molar-refractivity contribution is 8.45. The average Bonchev–Trinajstić information content (AvgIpc) is 2.36. The number of hydrogen-bond donors (Lipinski definition) is 0. The van der Waals surface area contributed by atoms with E-state index in [0.717, 1.165) is 6.07 Å². The maximum absolute atomic E-state index is 12.9. The monoisotopic (exact) mass is 334 g/mol. The summed E-state index contributed by atoms with van der Waals surface area (Å²) in [6.07, 6.45) is 0. The van der Waals surface area contributed by atoms with Crippen molar-refractivity contribution in [2.75, 3.05) is 31.2 Å². The molecule has 120 valence electrons. The van der Waals surface area contributed by atoms with Gasteiger partial charge < -0.3 is 9.64 Å². The Morgan fingerprint density at radius 2 is 1.67 bits per heavy atom. The highest BCUT2D eigenvalue weighted by atomic mass is 32.5. The van der Waals surface area contributed by atoms with E-state index in [2.05, 4.69) is 0 Å². The molecule has 0 amide bonds. The molecule has 21 heavy (non-hydrogen) atoms. The second-order valence-corrected chi connectivity index (χ2v) is 6.92. The summed E-state index contributed by atoms with van der Waals surface area (Å²) in [5.74, 6) is 0. The van der Waals surface area contributed by atoms with Crippen molar-refractivity contribution in [3.63, 3.8) is 0 Å². The lowest BCUT2D eigenvalue weighted by Gasteiger charge is -2.41. The minimum absolute atomic E-state index is 0.133. The van der Waals surface area contributed by atoms with Gasteiger partial charge in [0.15, 0.2) is 0 Å². The summed E-state index contributed by atoms with van der Waals surface area (Å²) in [5.41, 5.74) is -1.29. The van der Waals surface area contributed by atoms with E-state index >= 15 is 0 Å². The zero-order valence-electron chi connectivity index (χ0n) is 10.5. The van der Waals surface area contributed by atoms with Crippen LogP contribution in [0.25, 0.3) is 0 Å². The molecule has 1 heterocycles. The van der Waals surface area contributed by atoms with Crippen molar-refractivity contribution in [1.29, 1.82) is 0 Å². The molecular weight excluding hydrogens is 323 g/mol. The Balaban J connectivity index is 2.57. The van der Waals surface area contributed by atoms with Crippen LogP contribution in [0.2, 0.25) is 0 Å². The van der Waals surface area contributed by atoms with Gasteiger partial charge in [-0.25, -0.2) is 0 Å². The molecule has 0 radical (unpaired) electrons. The van der Waals surface area contributed by atoms with Gasteiger partial charge in [-0.1, -0.05) is 19.4 Å². The number of non-ortho nitro benzene ring substituents is 1. The lowest BCUT2D eigenvalue weighted by atomic mass is 10.2. The minimum Gasteiger partial charge on any atom is -0.378 e. The number of rotatable bonds is 3. The summed E-state index contributed by atoms with van der Waals surface area (Å²) in [4.78, 5) is 8.64. The molecule has 1 aliphatic rings. The van der Waals surface area contributed by atoms with E-state index in [4.69, 9.17) is 4.74 Å². The molecular formula is C10H11F5N2O3S. The number of hydrogen-bond acceptors (Lipinski definition) is 4. The molecule has 0 aliphatic carbocycles. The van der Waals surface area contributed by atoms with Gasteiger partial charge >= 0.3 is 10.2 Å². The van der Waals surface area contributed by atoms with E-state index in [1.54, 1.807) is 0 Å². The van der Waals surface area contributed by atoms with E-state index in [1.165, 1.54) is 4.90 Å². The largest absolute Gasteiger partial charge is 0.378 e. The molecule has 1 fully saturated rings. The molecule has 0 saturated carbocycles. The lowest BCUT2D eigenvalue weighted by Crippen LogP contribution is -2.36. The van der Waals surface area contributed by atoms with Gasteiger partial charge in [0.1, 0.15) is 4.90 Å². The van der Waals surface area contributed by atoms with Crippen LogP contribution in [-0.2, 0) is 4.74 Å². The van der Waals surface area contributed by atoms with Crippen molar-refractivity contribution in [2.24, 2.45) is 0 Å². The Morgan fingerprint density at radius 3 is 2.14 bits per heavy atom. The van der Waals surface area contributed by atoms with Crippen LogP contribution in [0.5, 0.6) is 0 Å². The van der Waals surface area contributed by atoms with Gasteiger partial charge in [0.2, 0.25) is 0 Å². The number of morpholine rings is 1. The first-order valence-electron chi connectivity index (χ1n) is 5.73. The summed E-state index contributed by atoms with van der Waals surface area (Å²) in [5, 5.41) is 10.7. The maximum Gasteiger partial charge on any atom is 0.310 e. The van der Waals surface area contributed by atoms with Gasteiger partial charge in [0, 0.05) is 30.9 Å². The van der Waals surface area contributed by atoms with Gasteiger partial charge in [0.05, 0.1) is 18.1 Å². The SMILES string of the molecule is O=[N+]([O-])c1cc(N2CCOCC2)cc(S(F)(F)(F)(F)F)c1. The third-order valence-corrected chi connectivity index (χ3v) is 4.04. The van der Waals surface area contributed by atoms with Gasteiger partial charge in [-0.2, -0.15) is 0 Å². The van der Waals surface area contributed by atoms with E-state index in [1.807, 2.05) is 0 Å². The Bertz CT molecular complexity index is 586. The Hall–Kier alpha value is -1.62. The smallest absolute Gasteiger partial charge is 0.310 e. The van der Waals surface area contributed by atoms with Crippen molar-refractivity contribution in [2.45, 2.75) is 4.90 Å². The zero-order valence-corrected chi connectivity index (χ0v) is 11.3. The summed E-state index contributed by atoms with van der Waals surface area (Å²) in [6.45, 7) is 0.741. The molecule has 0 spiro atoms. The normalized spacial score (nSPS) is 19.8. The number of benzene rings is 1. The molecule has 5 nitrogen and oxygen atoms in total. The van der Waals surface area contributed by atoms with E-state index in [0.29, 0.717) is 0 Å². The fourth-order valence-electron chi connectivity index (χ4n) is 1.90. The van der Waals surface area contributed by atoms with Crippen LogP contribution in [0.3, 0.4) is 0 Å². The number of ether oxygens (including phenoxy) is 1. The summed E-state index contributed by atoms with van der Waals surface area (Å²) >= 11 is 0. The molecule has 1 aromatic rings. The number of anilines is 1. The Kier molecular flexibility index (Phi) is 3.15. The molecule has 0 unspecified atom stereocenters. The molecule has 1 saturated heterocycles. The molecule has 1 aromatic carbocycles. The molecule has 0 N–H and O–H groups in total. The molecule has 2 rings (SSSR count). The van der Waals surface area contributed by atoms with Gasteiger partial charge in [-0.3, -0.25) is 10.1 Å². The third-order valence-electron chi connectivity index (χ3n) is 2.91. The van der Waals surface area contributed by atoms with Crippen LogP contribution in [0.1, 0.15) is 0 Å². The first-order chi connectivity index (χ1) is 9.36. The van der Waals surface area contributed by atoms with Gasteiger partial charge in [0.25, 0.3) is 5.69 Å². The van der Waals surface area contributed by atoms with Crippen LogP contribution in [0, 0.1) is 10.1 Å². The van der Waals surface area contributed by atoms with Crippen LogP contribution in [0.4, 0.5) is 30.8 Å². The zero-order chi connectivity index (χ0) is 16.0. The first-order valence-corrected chi connectivity index (χ1v) is 7.68. The highest BCUT2D eigenvalue weighted by Crippen LogP contribution is 3.02. The fraction of sp³-hybridized carbons (Fsp3) is 0.400. The van der Waals surface area contributed by atoms with E-state index in [-0.39, 0.29) is 44.1 Å². The van der Waals surface area contributed by atoms with E-state index < -0.39 is 25.7 Å². The summed E-state index contributed by atoms with van der Waals surface area (Å²) < 4.78 is 69.4. The van der Waals surface area contributed by atoms with Crippen LogP contribution >= 0.6 is 10.2 Å². The summed E-state index contributed by atoms with van der Waals surface area (Å²) in [7, 11) is -9.98. The van der Waals surface area contributed by atoms with Crippen LogP contribution in [0.15, 0.2) is 23.1 Å². The first kappa shape index (κ1) is 15.8. The highest BCUT2D eigenvalue weighted by Gasteiger charge is 2.66.